The molecule has 22 heavy (non-hydrogen) atoms. The first-order valence-corrected chi connectivity index (χ1v) is 7.53. The Kier molecular flexibility index (Phi) is 4.35. The van der Waals surface area contributed by atoms with E-state index in [-0.39, 0.29) is 24.5 Å². The third-order valence-electron chi connectivity index (χ3n) is 3.93. The Hall–Kier alpha value is -1.99. The van der Waals surface area contributed by atoms with Crippen molar-refractivity contribution in [1.82, 2.24) is 15.2 Å². The van der Waals surface area contributed by atoms with E-state index in [0.29, 0.717) is 13.1 Å². The largest absolute Gasteiger partial charge is 0.356 e. The Morgan fingerprint density at radius 3 is 2.95 bits per heavy atom. The van der Waals surface area contributed by atoms with Crippen LogP contribution in [0.15, 0.2) is 24.5 Å². The first-order chi connectivity index (χ1) is 10.7. The molecule has 1 aliphatic heterocycles. The van der Waals surface area contributed by atoms with Crippen molar-refractivity contribution in [2.45, 2.75) is 31.0 Å². The highest BCUT2D eigenvalue weighted by atomic mass is 16.5. The second-order valence-corrected chi connectivity index (χ2v) is 5.57. The molecule has 0 spiro atoms. The standard InChI is InChI=1S/C15H20N4O3/c16-5-7-18-15(21)14-13(10-2-1-6-17-8-10)19(11-3-4-11)12(20)9-22-14/h1-2,6,8,11,13-14H,3-5,7,9,16H2,(H,18,21)/t13-,14+/m1/s1. The predicted molar refractivity (Wildman–Crippen MR) is 78.7 cm³/mol. The van der Waals surface area contributed by atoms with E-state index in [9.17, 15) is 9.59 Å². The number of hydrogen-bond donors (Lipinski definition) is 2. The van der Waals surface area contributed by atoms with Crippen LogP contribution < -0.4 is 11.1 Å². The van der Waals surface area contributed by atoms with Gasteiger partial charge in [-0.1, -0.05) is 6.07 Å². The highest BCUT2D eigenvalue weighted by molar-refractivity contribution is 5.86. The number of hydrogen-bond acceptors (Lipinski definition) is 5. The number of carbonyl (C=O) groups excluding carboxylic acids is 2. The van der Waals surface area contributed by atoms with Crippen LogP contribution in [0.1, 0.15) is 24.4 Å². The first-order valence-electron chi connectivity index (χ1n) is 7.53. The fourth-order valence-electron chi connectivity index (χ4n) is 2.81. The molecule has 2 heterocycles. The van der Waals surface area contributed by atoms with Gasteiger partial charge in [-0.3, -0.25) is 14.6 Å². The minimum Gasteiger partial charge on any atom is -0.356 e. The van der Waals surface area contributed by atoms with Gasteiger partial charge in [0, 0.05) is 31.5 Å². The summed E-state index contributed by atoms with van der Waals surface area (Å²) in [4.78, 5) is 30.6. The summed E-state index contributed by atoms with van der Waals surface area (Å²) in [5.41, 5.74) is 6.24. The quantitative estimate of drug-likeness (QED) is 0.770. The zero-order chi connectivity index (χ0) is 15.5. The summed E-state index contributed by atoms with van der Waals surface area (Å²) in [5.74, 6) is -0.309. The fourth-order valence-corrected chi connectivity index (χ4v) is 2.81. The number of carbonyl (C=O) groups is 2. The Bertz CT molecular complexity index is 547. The smallest absolute Gasteiger partial charge is 0.251 e. The van der Waals surface area contributed by atoms with Crippen molar-refractivity contribution in [3.05, 3.63) is 30.1 Å². The van der Waals surface area contributed by atoms with Crippen LogP contribution in [0, 0.1) is 0 Å². The van der Waals surface area contributed by atoms with Crippen LogP contribution in [-0.2, 0) is 14.3 Å². The first kappa shape index (κ1) is 14.9. The minimum absolute atomic E-state index is 0.0615. The zero-order valence-corrected chi connectivity index (χ0v) is 12.3. The van der Waals surface area contributed by atoms with Crippen LogP contribution in [0.5, 0.6) is 0 Å². The van der Waals surface area contributed by atoms with Crippen molar-refractivity contribution in [3.63, 3.8) is 0 Å². The molecule has 1 saturated carbocycles. The molecule has 7 heteroatoms. The monoisotopic (exact) mass is 304 g/mol. The number of amides is 2. The maximum atomic E-state index is 12.4. The maximum absolute atomic E-state index is 12.4. The summed E-state index contributed by atoms with van der Waals surface area (Å²) >= 11 is 0. The SMILES string of the molecule is NCCNC(=O)[C@H]1OCC(=O)N(C2CC2)[C@@H]1c1cccnc1. The van der Waals surface area contributed by atoms with Gasteiger partial charge in [-0.25, -0.2) is 0 Å². The molecule has 2 amide bonds. The Morgan fingerprint density at radius 2 is 2.32 bits per heavy atom. The average Bonchev–Trinajstić information content (AvgIpc) is 3.37. The van der Waals surface area contributed by atoms with Crippen LogP contribution in [0.25, 0.3) is 0 Å². The normalized spacial score (nSPS) is 25.1. The zero-order valence-electron chi connectivity index (χ0n) is 12.3. The van der Waals surface area contributed by atoms with Crippen molar-refractivity contribution < 1.29 is 14.3 Å². The van der Waals surface area contributed by atoms with Crippen LogP contribution in [-0.4, -0.2) is 53.5 Å². The molecule has 1 aromatic heterocycles. The van der Waals surface area contributed by atoms with E-state index >= 15 is 0 Å². The van der Waals surface area contributed by atoms with Gasteiger partial charge in [-0.2, -0.15) is 0 Å². The summed E-state index contributed by atoms with van der Waals surface area (Å²) in [6.45, 7) is 0.686. The molecule has 2 atom stereocenters. The van der Waals surface area contributed by atoms with E-state index in [0.717, 1.165) is 18.4 Å². The number of morpholine rings is 1. The predicted octanol–water partition coefficient (Wildman–Crippen LogP) is -0.413. The molecule has 1 saturated heterocycles. The molecule has 1 aliphatic carbocycles. The van der Waals surface area contributed by atoms with Crippen molar-refractivity contribution in [2.24, 2.45) is 5.73 Å². The molecule has 118 valence electrons. The second-order valence-electron chi connectivity index (χ2n) is 5.57. The van der Waals surface area contributed by atoms with Gasteiger partial charge in [0.15, 0.2) is 6.10 Å². The summed E-state index contributed by atoms with van der Waals surface area (Å²) in [7, 11) is 0. The summed E-state index contributed by atoms with van der Waals surface area (Å²) < 4.78 is 5.55. The fraction of sp³-hybridized carbons (Fsp3) is 0.533. The lowest BCUT2D eigenvalue weighted by atomic mass is 9.98. The number of ether oxygens (including phenoxy) is 1. The molecule has 0 radical (unpaired) electrons. The number of rotatable bonds is 5. The molecule has 0 aromatic carbocycles. The third kappa shape index (κ3) is 2.95. The van der Waals surface area contributed by atoms with Gasteiger partial charge in [0.2, 0.25) is 5.91 Å². The number of nitrogens with one attached hydrogen (secondary N) is 1. The molecule has 7 nitrogen and oxygen atoms in total. The van der Waals surface area contributed by atoms with Gasteiger partial charge in [-0.15, -0.1) is 0 Å². The minimum atomic E-state index is -0.728. The van der Waals surface area contributed by atoms with E-state index in [2.05, 4.69) is 10.3 Å². The van der Waals surface area contributed by atoms with E-state index in [1.807, 2.05) is 6.07 Å². The number of pyridine rings is 1. The van der Waals surface area contributed by atoms with Crippen molar-refractivity contribution in [3.8, 4) is 0 Å². The Balaban J connectivity index is 1.90. The van der Waals surface area contributed by atoms with Gasteiger partial charge in [-0.05, 0) is 24.5 Å². The molecular weight excluding hydrogens is 284 g/mol. The van der Waals surface area contributed by atoms with E-state index < -0.39 is 12.1 Å². The summed E-state index contributed by atoms with van der Waals surface area (Å²) in [6, 6.07) is 3.44. The molecule has 0 unspecified atom stereocenters. The summed E-state index contributed by atoms with van der Waals surface area (Å²) in [6.07, 6.45) is 4.57. The van der Waals surface area contributed by atoms with Gasteiger partial charge in [0.25, 0.3) is 5.91 Å². The third-order valence-corrected chi connectivity index (χ3v) is 3.93. The van der Waals surface area contributed by atoms with Crippen LogP contribution >= 0.6 is 0 Å². The lowest BCUT2D eigenvalue weighted by Gasteiger charge is -2.40. The van der Waals surface area contributed by atoms with Gasteiger partial charge >= 0.3 is 0 Å². The van der Waals surface area contributed by atoms with Crippen LogP contribution in [0.3, 0.4) is 0 Å². The van der Waals surface area contributed by atoms with Gasteiger partial charge in [0.05, 0.1) is 6.04 Å². The number of nitrogens with zero attached hydrogens (tertiary/aromatic N) is 2. The number of nitrogens with two attached hydrogens (primary N) is 1. The Morgan fingerprint density at radius 1 is 1.50 bits per heavy atom. The Labute approximate surface area is 128 Å². The molecule has 3 rings (SSSR count). The van der Waals surface area contributed by atoms with E-state index in [4.69, 9.17) is 10.5 Å². The van der Waals surface area contributed by atoms with Crippen molar-refractivity contribution in [2.75, 3.05) is 19.7 Å². The molecule has 1 aromatic rings. The van der Waals surface area contributed by atoms with Crippen LogP contribution in [0.4, 0.5) is 0 Å². The second kappa shape index (κ2) is 6.41. The van der Waals surface area contributed by atoms with E-state index in [1.165, 1.54) is 0 Å². The molecule has 3 N–H and O–H groups in total. The topological polar surface area (TPSA) is 97.5 Å². The van der Waals surface area contributed by atoms with E-state index in [1.54, 1.807) is 23.4 Å². The van der Waals surface area contributed by atoms with Crippen molar-refractivity contribution in [1.29, 1.82) is 0 Å². The molecular formula is C15H20N4O3. The lowest BCUT2D eigenvalue weighted by molar-refractivity contribution is -0.165. The highest BCUT2D eigenvalue weighted by Gasteiger charge is 2.47. The molecule has 2 aliphatic rings. The summed E-state index contributed by atoms with van der Waals surface area (Å²) in [5, 5.41) is 2.75. The van der Waals surface area contributed by atoms with Gasteiger partial charge in [0.1, 0.15) is 6.61 Å². The number of aromatic nitrogens is 1. The maximum Gasteiger partial charge on any atom is 0.251 e. The highest BCUT2D eigenvalue weighted by Crippen LogP contribution is 2.39. The van der Waals surface area contributed by atoms with Crippen molar-refractivity contribution >= 4 is 11.8 Å². The average molecular weight is 304 g/mol. The molecule has 0 bridgehead atoms. The van der Waals surface area contributed by atoms with Crippen LogP contribution in [0.2, 0.25) is 0 Å². The van der Waals surface area contributed by atoms with Gasteiger partial charge < -0.3 is 20.7 Å². The lowest BCUT2D eigenvalue weighted by Crippen LogP contribution is -2.55. The molecule has 2 fully saturated rings.